The highest BCUT2D eigenvalue weighted by Crippen LogP contribution is 2.25. The number of hydrogen-bond acceptors (Lipinski definition) is 4. The quantitative estimate of drug-likeness (QED) is 0.563. The predicted molar refractivity (Wildman–Crippen MR) is 53.8 cm³/mol. The summed E-state index contributed by atoms with van der Waals surface area (Å²) in [5, 5.41) is 18.2. The van der Waals surface area contributed by atoms with Crippen LogP contribution in [0.5, 0.6) is 0 Å². The van der Waals surface area contributed by atoms with Crippen molar-refractivity contribution in [2.45, 2.75) is 37.5 Å². The van der Waals surface area contributed by atoms with Crippen molar-refractivity contribution in [3.05, 3.63) is 0 Å². The first-order valence-electron chi connectivity index (χ1n) is 5.10. The lowest BCUT2D eigenvalue weighted by molar-refractivity contribution is -0.140. The number of nitrogens with zero attached hydrogens (tertiary/aromatic N) is 1. The molecule has 0 aromatic rings. The molecule has 1 saturated heterocycles. The van der Waals surface area contributed by atoms with Crippen LogP contribution in [-0.4, -0.2) is 53.6 Å². The fourth-order valence-corrected chi connectivity index (χ4v) is 3.43. The molecule has 92 valence electrons. The van der Waals surface area contributed by atoms with Gasteiger partial charge in [0.2, 0.25) is 0 Å². The highest BCUT2D eigenvalue weighted by molar-refractivity contribution is 7.87. The molecule has 0 amide bonds. The molecule has 0 aromatic heterocycles. The molecule has 0 aromatic carbocycles. The zero-order valence-electron chi connectivity index (χ0n) is 8.54. The Kier molecular flexibility index (Phi) is 2.91. The van der Waals surface area contributed by atoms with Crippen molar-refractivity contribution in [2.24, 2.45) is 0 Å². The molecule has 1 aliphatic heterocycles. The Morgan fingerprint density at radius 3 is 2.50 bits per heavy atom. The normalized spacial score (nSPS) is 31.8. The second-order valence-corrected chi connectivity index (χ2v) is 5.87. The Morgan fingerprint density at radius 1 is 1.38 bits per heavy atom. The first-order chi connectivity index (χ1) is 7.40. The minimum absolute atomic E-state index is 0.0547. The van der Waals surface area contributed by atoms with Crippen LogP contribution < -0.4 is 4.72 Å². The fraction of sp³-hybridized carbons (Fsp3) is 0.875. The Labute approximate surface area is 93.2 Å². The van der Waals surface area contributed by atoms with E-state index in [2.05, 4.69) is 4.72 Å². The number of rotatable bonds is 4. The van der Waals surface area contributed by atoms with E-state index >= 15 is 0 Å². The third kappa shape index (κ3) is 2.34. The summed E-state index contributed by atoms with van der Waals surface area (Å²) in [6.07, 6.45) is 0.610. The molecule has 1 saturated carbocycles. The van der Waals surface area contributed by atoms with Crippen LogP contribution in [0.3, 0.4) is 0 Å². The molecule has 2 rings (SSSR count). The van der Waals surface area contributed by atoms with Crippen LogP contribution in [0, 0.1) is 0 Å². The number of carboxylic acid groups (broad SMARTS) is 1. The van der Waals surface area contributed by atoms with Gasteiger partial charge in [0.05, 0.1) is 6.10 Å². The molecule has 7 nitrogen and oxygen atoms in total. The van der Waals surface area contributed by atoms with E-state index in [9.17, 15) is 18.3 Å². The summed E-state index contributed by atoms with van der Waals surface area (Å²) in [4.78, 5) is 10.9. The molecule has 0 unspecified atom stereocenters. The molecule has 1 aliphatic carbocycles. The lowest BCUT2D eigenvalue weighted by atomic mass is 10.2. The van der Waals surface area contributed by atoms with Gasteiger partial charge < -0.3 is 10.2 Å². The lowest BCUT2D eigenvalue weighted by Crippen LogP contribution is -2.47. The molecule has 16 heavy (non-hydrogen) atoms. The van der Waals surface area contributed by atoms with Gasteiger partial charge in [-0.3, -0.25) is 4.79 Å². The van der Waals surface area contributed by atoms with Crippen molar-refractivity contribution in [3.8, 4) is 0 Å². The Morgan fingerprint density at radius 2 is 2.00 bits per heavy atom. The van der Waals surface area contributed by atoms with E-state index in [0.29, 0.717) is 0 Å². The Balaban J connectivity index is 2.14. The summed E-state index contributed by atoms with van der Waals surface area (Å²) in [6, 6.07) is -1.23. The van der Waals surface area contributed by atoms with E-state index in [1.54, 1.807) is 0 Å². The minimum Gasteiger partial charge on any atom is -0.480 e. The van der Waals surface area contributed by atoms with E-state index in [-0.39, 0.29) is 19.0 Å². The first-order valence-corrected chi connectivity index (χ1v) is 6.54. The van der Waals surface area contributed by atoms with Gasteiger partial charge in [-0.25, -0.2) is 0 Å². The van der Waals surface area contributed by atoms with E-state index in [1.165, 1.54) is 0 Å². The number of β-amino-alcohol motifs (C(OH)–C–C–N with tert-alkyl or cyclic N) is 1. The molecule has 2 aliphatic rings. The van der Waals surface area contributed by atoms with Crippen LogP contribution in [0.2, 0.25) is 0 Å². The van der Waals surface area contributed by atoms with Crippen LogP contribution in [0.25, 0.3) is 0 Å². The van der Waals surface area contributed by atoms with E-state index in [0.717, 1.165) is 17.1 Å². The third-order valence-corrected chi connectivity index (χ3v) is 4.37. The molecule has 2 fully saturated rings. The highest BCUT2D eigenvalue weighted by atomic mass is 32.2. The van der Waals surface area contributed by atoms with Crippen molar-refractivity contribution in [1.82, 2.24) is 9.03 Å². The smallest absolute Gasteiger partial charge is 0.322 e. The first kappa shape index (κ1) is 11.8. The number of nitrogens with one attached hydrogen (secondary N) is 1. The SMILES string of the molecule is O=C(O)[C@@H]1C[C@@H](O)CN1S(=O)(=O)NC1CC1. The largest absolute Gasteiger partial charge is 0.480 e. The van der Waals surface area contributed by atoms with Crippen LogP contribution >= 0.6 is 0 Å². The summed E-state index contributed by atoms with van der Waals surface area (Å²) in [6.45, 7) is -0.154. The molecular formula is C8H14N2O5S. The molecular weight excluding hydrogens is 236 g/mol. The zero-order chi connectivity index (χ0) is 11.9. The fourth-order valence-electron chi connectivity index (χ4n) is 1.75. The number of aliphatic carboxylic acids is 1. The summed E-state index contributed by atoms with van der Waals surface area (Å²) < 4.78 is 26.8. The molecule has 0 radical (unpaired) electrons. The van der Waals surface area contributed by atoms with E-state index in [4.69, 9.17) is 5.11 Å². The second-order valence-electron chi connectivity index (χ2n) is 4.21. The van der Waals surface area contributed by atoms with Gasteiger partial charge in [0.15, 0.2) is 0 Å². The molecule has 0 spiro atoms. The summed E-state index contributed by atoms with van der Waals surface area (Å²) >= 11 is 0. The van der Waals surface area contributed by atoms with Crippen molar-refractivity contribution >= 4 is 16.2 Å². The monoisotopic (exact) mass is 250 g/mol. The molecule has 8 heteroatoms. The number of carbonyl (C=O) groups is 1. The molecule has 1 heterocycles. The highest BCUT2D eigenvalue weighted by Gasteiger charge is 2.44. The Bertz CT molecular complexity index is 391. The predicted octanol–water partition coefficient (Wildman–Crippen LogP) is -1.50. The minimum atomic E-state index is -3.78. The topological polar surface area (TPSA) is 107 Å². The maximum absolute atomic E-state index is 11.8. The summed E-state index contributed by atoms with van der Waals surface area (Å²) in [5.74, 6) is -1.22. The van der Waals surface area contributed by atoms with E-state index < -0.39 is 28.3 Å². The van der Waals surface area contributed by atoms with Gasteiger partial charge in [0, 0.05) is 19.0 Å². The van der Waals surface area contributed by atoms with Crippen molar-refractivity contribution in [1.29, 1.82) is 0 Å². The third-order valence-electron chi connectivity index (χ3n) is 2.72. The van der Waals surface area contributed by atoms with Crippen LogP contribution in [0.15, 0.2) is 0 Å². The summed E-state index contributed by atoms with van der Waals surface area (Å²) in [7, 11) is -3.78. The average molecular weight is 250 g/mol. The van der Waals surface area contributed by atoms with Crippen molar-refractivity contribution < 1.29 is 23.4 Å². The second kappa shape index (κ2) is 3.95. The Hall–Kier alpha value is -0.700. The van der Waals surface area contributed by atoms with Gasteiger partial charge in [-0.1, -0.05) is 0 Å². The van der Waals surface area contributed by atoms with Crippen LogP contribution in [0.4, 0.5) is 0 Å². The van der Waals surface area contributed by atoms with Crippen LogP contribution in [0.1, 0.15) is 19.3 Å². The van der Waals surface area contributed by atoms with Crippen molar-refractivity contribution in [3.63, 3.8) is 0 Å². The summed E-state index contributed by atoms with van der Waals surface area (Å²) in [5.41, 5.74) is 0. The molecule has 0 bridgehead atoms. The van der Waals surface area contributed by atoms with Gasteiger partial charge in [0.1, 0.15) is 6.04 Å². The number of carboxylic acids is 1. The molecule has 3 N–H and O–H groups in total. The number of aliphatic hydroxyl groups excluding tert-OH is 1. The van der Waals surface area contributed by atoms with Gasteiger partial charge in [0.25, 0.3) is 10.2 Å². The van der Waals surface area contributed by atoms with Crippen LogP contribution in [-0.2, 0) is 15.0 Å². The van der Waals surface area contributed by atoms with Gasteiger partial charge in [-0.15, -0.1) is 0 Å². The van der Waals surface area contributed by atoms with E-state index in [1.807, 2.05) is 0 Å². The van der Waals surface area contributed by atoms with Gasteiger partial charge in [-0.2, -0.15) is 17.4 Å². The lowest BCUT2D eigenvalue weighted by Gasteiger charge is -2.20. The van der Waals surface area contributed by atoms with Gasteiger partial charge >= 0.3 is 5.97 Å². The average Bonchev–Trinajstić information content (AvgIpc) is 2.84. The van der Waals surface area contributed by atoms with Crippen molar-refractivity contribution in [2.75, 3.05) is 6.54 Å². The zero-order valence-corrected chi connectivity index (χ0v) is 9.35. The standard InChI is InChI=1S/C8H14N2O5S/c11-6-3-7(8(12)13)10(4-6)16(14,15)9-5-1-2-5/h5-7,9,11H,1-4H2,(H,12,13)/t6-,7+/m1/s1. The number of hydrogen-bond donors (Lipinski definition) is 3. The number of aliphatic hydroxyl groups is 1. The maximum Gasteiger partial charge on any atom is 0.322 e. The van der Waals surface area contributed by atoms with Gasteiger partial charge in [-0.05, 0) is 12.8 Å². The molecule has 2 atom stereocenters. The maximum atomic E-state index is 11.8.